The van der Waals surface area contributed by atoms with Gasteiger partial charge in [-0.1, -0.05) is 29.8 Å². The van der Waals surface area contributed by atoms with Crippen LogP contribution in [0, 0.1) is 5.92 Å². The molecule has 0 radical (unpaired) electrons. The molecule has 2 amide bonds. The lowest BCUT2D eigenvalue weighted by Gasteiger charge is -2.34. The molecule has 1 heterocycles. The number of anilines is 1. The minimum atomic E-state index is -0.822. The summed E-state index contributed by atoms with van der Waals surface area (Å²) in [6, 6.07) is 12.4. The van der Waals surface area contributed by atoms with Gasteiger partial charge < -0.3 is 31.0 Å². The first-order valence-electron chi connectivity index (χ1n) is 11.1. The number of hydrogen-bond acceptors (Lipinski definition) is 7. The van der Waals surface area contributed by atoms with Gasteiger partial charge in [-0.25, -0.2) is 4.79 Å². The summed E-state index contributed by atoms with van der Waals surface area (Å²) in [4.78, 5) is 26.2. The Morgan fingerprint density at radius 3 is 2.51 bits per heavy atom. The zero-order valence-corrected chi connectivity index (χ0v) is 21.1. The van der Waals surface area contributed by atoms with E-state index < -0.39 is 12.2 Å². The Morgan fingerprint density at radius 1 is 1.20 bits per heavy atom. The van der Waals surface area contributed by atoms with Crippen LogP contribution in [-0.4, -0.2) is 62.9 Å². The van der Waals surface area contributed by atoms with Gasteiger partial charge >= 0.3 is 6.09 Å². The number of nitrogens with one attached hydrogen (secondary N) is 1. The number of nitrogen functional groups attached to an aromatic ring is 1. The Labute approximate surface area is 216 Å². The lowest BCUT2D eigenvalue weighted by molar-refractivity contribution is 0.0367. The first-order chi connectivity index (χ1) is 16.4. The summed E-state index contributed by atoms with van der Waals surface area (Å²) in [6.07, 6.45) is 0.486. The molecule has 1 saturated heterocycles. The molecule has 1 aliphatic rings. The van der Waals surface area contributed by atoms with E-state index in [1.54, 1.807) is 6.07 Å². The first kappa shape index (κ1) is 28.4. The van der Waals surface area contributed by atoms with E-state index in [0.717, 1.165) is 25.9 Å². The Hall–Kier alpha value is -2.88. The monoisotopic (exact) mass is 526 g/mol. The smallest absolute Gasteiger partial charge is 0.404 e. The Morgan fingerprint density at radius 2 is 1.89 bits per heavy atom. The Kier molecular flexibility index (Phi) is 11.2. The van der Waals surface area contributed by atoms with E-state index in [1.165, 1.54) is 13.2 Å². The highest BCUT2D eigenvalue weighted by Crippen LogP contribution is 2.29. The van der Waals surface area contributed by atoms with Crippen molar-refractivity contribution in [2.45, 2.75) is 18.9 Å². The van der Waals surface area contributed by atoms with Crippen molar-refractivity contribution in [3.05, 3.63) is 53.1 Å². The van der Waals surface area contributed by atoms with E-state index in [1.807, 2.05) is 30.3 Å². The number of halogens is 2. The van der Waals surface area contributed by atoms with Gasteiger partial charge in [0.05, 0.1) is 23.4 Å². The van der Waals surface area contributed by atoms with E-state index in [0.29, 0.717) is 46.8 Å². The second-order valence-electron chi connectivity index (χ2n) is 8.21. The summed E-state index contributed by atoms with van der Waals surface area (Å²) in [5.74, 6) is 1.15. The molecular weight excluding hydrogens is 495 g/mol. The predicted molar refractivity (Wildman–Crippen MR) is 138 cm³/mol. The largest absolute Gasteiger partial charge is 0.496 e. The molecule has 1 aliphatic heterocycles. The van der Waals surface area contributed by atoms with Crippen LogP contribution in [0.15, 0.2) is 42.5 Å². The number of nitrogens with two attached hydrogens (primary N) is 2. The molecule has 1 unspecified atom stereocenters. The number of carbonyl (C=O) groups is 2. The van der Waals surface area contributed by atoms with Gasteiger partial charge in [0.2, 0.25) is 0 Å². The minimum absolute atomic E-state index is 0. The lowest BCUT2D eigenvalue weighted by atomic mass is 9.96. The van der Waals surface area contributed by atoms with Gasteiger partial charge in [0.25, 0.3) is 5.91 Å². The van der Waals surface area contributed by atoms with E-state index in [4.69, 9.17) is 37.3 Å². The van der Waals surface area contributed by atoms with Crippen LogP contribution in [0.4, 0.5) is 10.5 Å². The third-order valence-electron chi connectivity index (χ3n) is 5.75. The van der Waals surface area contributed by atoms with Crippen LogP contribution in [0.25, 0.3) is 0 Å². The Bertz CT molecular complexity index is 972. The number of piperidine rings is 1. The molecule has 9 nitrogen and oxygen atoms in total. The second kappa shape index (κ2) is 13.9. The van der Waals surface area contributed by atoms with Crippen molar-refractivity contribution in [3.63, 3.8) is 0 Å². The summed E-state index contributed by atoms with van der Waals surface area (Å²) in [6.45, 7) is 2.89. The quantitative estimate of drug-likeness (QED) is 0.404. The molecule has 1 fully saturated rings. The van der Waals surface area contributed by atoms with E-state index in [-0.39, 0.29) is 24.9 Å². The fraction of sp³-hybridized carbons (Fsp3) is 0.417. The fourth-order valence-corrected chi connectivity index (χ4v) is 4.07. The molecule has 11 heteroatoms. The van der Waals surface area contributed by atoms with Crippen LogP contribution < -0.4 is 26.3 Å². The van der Waals surface area contributed by atoms with Crippen molar-refractivity contribution in [1.29, 1.82) is 0 Å². The average molecular weight is 527 g/mol. The number of hydrogen-bond donors (Lipinski definition) is 3. The summed E-state index contributed by atoms with van der Waals surface area (Å²) in [5.41, 5.74) is 11.7. The molecule has 5 N–H and O–H groups in total. The third kappa shape index (κ3) is 8.69. The summed E-state index contributed by atoms with van der Waals surface area (Å²) >= 11 is 6.07. The van der Waals surface area contributed by atoms with Crippen molar-refractivity contribution in [1.82, 2.24) is 10.2 Å². The molecule has 0 saturated carbocycles. The number of benzene rings is 2. The van der Waals surface area contributed by atoms with Crippen LogP contribution >= 0.6 is 24.0 Å². The molecule has 0 spiro atoms. The summed E-state index contributed by atoms with van der Waals surface area (Å²) in [5, 5.41) is 3.28. The molecular formula is C24H32Cl2N4O5. The highest BCUT2D eigenvalue weighted by Gasteiger charge is 2.25. The van der Waals surface area contributed by atoms with Crippen molar-refractivity contribution in [2.75, 3.05) is 45.6 Å². The molecule has 35 heavy (non-hydrogen) atoms. The maximum atomic E-state index is 12.7. The number of carbonyl (C=O) groups excluding carboxylic acids is 2. The Balaban J connectivity index is 0.00000432. The van der Waals surface area contributed by atoms with Crippen molar-refractivity contribution in [3.8, 4) is 11.5 Å². The van der Waals surface area contributed by atoms with Crippen molar-refractivity contribution < 1.29 is 23.8 Å². The molecule has 2 aromatic rings. The third-order valence-corrected chi connectivity index (χ3v) is 6.07. The molecule has 3 rings (SSSR count). The lowest BCUT2D eigenvalue weighted by Crippen LogP contribution is -2.44. The van der Waals surface area contributed by atoms with Gasteiger partial charge in [0, 0.05) is 19.2 Å². The van der Waals surface area contributed by atoms with Crippen LogP contribution in [0.5, 0.6) is 11.5 Å². The number of methoxy groups -OCH3 is 1. The highest BCUT2D eigenvalue weighted by molar-refractivity contribution is 6.33. The SMILES string of the molecule is COc1cc(N)c(Cl)cc1C(=O)NCC1CCN(CC(COc2ccccc2)OC(N)=O)CC1.Cl. The second-order valence-corrected chi connectivity index (χ2v) is 8.62. The molecule has 0 aliphatic carbocycles. The van der Waals surface area contributed by atoms with Crippen LogP contribution in [0.2, 0.25) is 5.02 Å². The van der Waals surface area contributed by atoms with Gasteiger partial charge in [-0.15, -0.1) is 12.4 Å². The molecule has 192 valence electrons. The molecule has 0 aromatic heterocycles. The standard InChI is InChI=1S/C24H31ClN4O5.ClH/c1-32-22-12-21(26)20(25)11-19(22)23(30)28-13-16-7-9-29(10-8-16)14-18(34-24(27)31)15-33-17-5-3-2-4-6-17;/h2-6,11-12,16,18H,7-10,13-15,26H2,1H3,(H2,27,31)(H,28,30);1H. The zero-order chi connectivity index (χ0) is 24.5. The number of para-hydroxylation sites is 1. The van der Waals surface area contributed by atoms with E-state index in [9.17, 15) is 9.59 Å². The van der Waals surface area contributed by atoms with Gasteiger partial charge in [-0.2, -0.15) is 0 Å². The number of primary amides is 1. The van der Waals surface area contributed by atoms with Gasteiger partial charge in [0.1, 0.15) is 18.1 Å². The normalized spacial score (nSPS) is 14.9. The maximum Gasteiger partial charge on any atom is 0.404 e. The highest BCUT2D eigenvalue weighted by atomic mass is 35.5. The topological polar surface area (TPSA) is 129 Å². The fourth-order valence-electron chi connectivity index (χ4n) is 3.90. The van der Waals surface area contributed by atoms with Crippen molar-refractivity contribution >= 4 is 41.7 Å². The predicted octanol–water partition coefficient (Wildman–Crippen LogP) is 3.34. The van der Waals surface area contributed by atoms with Gasteiger partial charge in [-0.3, -0.25) is 9.69 Å². The van der Waals surface area contributed by atoms with Gasteiger partial charge in [0.15, 0.2) is 6.10 Å². The molecule has 0 bridgehead atoms. The van der Waals surface area contributed by atoms with Crippen molar-refractivity contribution in [2.24, 2.45) is 11.7 Å². The van der Waals surface area contributed by atoms with Crippen LogP contribution in [0.3, 0.4) is 0 Å². The van der Waals surface area contributed by atoms with E-state index >= 15 is 0 Å². The minimum Gasteiger partial charge on any atom is -0.496 e. The van der Waals surface area contributed by atoms with Crippen LogP contribution in [0.1, 0.15) is 23.2 Å². The number of rotatable bonds is 10. The van der Waals surface area contributed by atoms with Crippen LogP contribution in [-0.2, 0) is 4.74 Å². The summed E-state index contributed by atoms with van der Waals surface area (Å²) < 4.78 is 16.3. The molecule has 1 atom stereocenters. The number of likely N-dealkylation sites (tertiary alicyclic amines) is 1. The number of nitrogens with zero attached hydrogens (tertiary/aromatic N) is 1. The molecule has 2 aromatic carbocycles. The first-order valence-corrected chi connectivity index (χ1v) is 11.5. The maximum absolute atomic E-state index is 12.7. The summed E-state index contributed by atoms with van der Waals surface area (Å²) in [7, 11) is 1.48. The number of ether oxygens (including phenoxy) is 3. The number of amides is 2. The zero-order valence-electron chi connectivity index (χ0n) is 19.6. The average Bonchev–Trinajstić information content (AvgIpc) is 2.83. The van der Waals surface area contributed by atoms with E-state index in [2.05, 4.69) is 10.2 Å². The van der Waals surface area contributed by atoms with Gasteiger partial charge in [-0.05, 0) is 50.0 Å².